The van der Waals surface area contributed by atoms with Crippen molar-refractivity contribution in [2.45, 2.75) is 25.3 Å². The van der Waals surface area contributed by atoms with Crippen LogP contribution in [0.25, 0.3) is 0 Å². The number of hydrogen-bond acceptors (Lipinski definition) is 4. The van der Waals surface area contributed by atoms with Crippen LogP contribution in [0.1, 0.15) is 19.3 Å². The molecule has 1 atom stereocenters. The topological polar surface area (TPSA) is 133 Å². The Morgan fingerprint density at radius 3 is 2.32 bits per heavy atom. The quantitative estimate of drug-likeness (QED) is 0.495. The largest absolute Gasteiger partial charge is 0.480 e. The second-order valence-electron chi connectivity index (χ2n) is 4.62. The van der Waals surface area contributed by atoms with E-state index in [1.165, 1.54) is 4.90 Å². The van der Waals surface area contributed by atoms with Crippen LogP contribution in [0, 0.1) is 5.92 Å². The minimum absolute atomic E-state index is 0.176. The Kier molecular flexibility index (Phi) is 5.56. The fourth-order valence-electron chi connectivity index (χ4n) is 2.05. The molecule has 19 heavy (non-hydrogen) atoms. The number of hydrogen-bond donors (Lipinski definition) is 4. The number of carboxylic acid groups (broad SMARTS) is 1. The highest BCUT2D eigenvalue weighted by Crippen LogP contribution is 2.20. The zero-order valence-corrected chi connectivity index (χ0v) is 10.5. The molecule has 0 aliphatic carbocycles. The van der Waals surface area contributed by atoms with E-state index in [1.54, 1.807) is 0 Å². The number of rotatable bonds is 5. The summed E-state index contributed by atoms with van der Waals surface area (Å²) in [4.78, 5) is 34.7. The number of nitrogens with two attached hydrogens (primary N) is 1. The number of aliphatic carboxylic acids is 1. The van der Waals surface area contributed by atoms with Gasteiger partial charge in [-0.05, 0) is 18.8 Å². The minimum atomic E-state index is -1.30. The molecule has 0 aromatic carbocycles. The van der Waals surface area contributed by atoms with Crippen LogP contribution in [0.3, 0.4) is 0 Å². The molecule has 1 unspecified atom stereocenters. The number of carbonyl (C=O) groups excluding carboxylic acids is 2. The average Bonchev–Trinajstić information content (AvgIpc) is 2.35. The summed E-state index contributed by atoms with van der Waals surface area (Å²) in [6.45, 7) is 0.238. The third-order valence-electron chi connectivity index (χ3n) is 3.17. The van der Waals surface area contributed by atoms with Crippen LogP contribution in [0.15, 0.2) is 0 Å². The number of piperidine rings is 1. The third kappa shape index (κ3) is 4.74. The number of aliphatic hydroxyl groups excluding tert-OH is 1. The van der Waals surface area contributed by atoms with Gasteiger partial charge in [0.25, 0.3) is 0 Å². The standard InChI is InChI=1S/C11H19N3O5/c12-9(16)5-7-1-3-14(4-2-7)11(19)13-8(6-15)10(17)18/h7-8,15H,1-6H2,(H2,12,16)(H,13,19)(H,17,18). The van der Waals surface area contributed by atoms with Crippen molar-refractivity contribution >= 4 is 17.9 Å². The monoisotopic (exact) mass is 273 g/mol. The van der Waals surface area contributed by atoms with E-state index < -0.39 is 24.6 Å². The Morgan fingerprint density at radius 2 is 1.89 bits per heavy atom. The Bertz CT molecular complexity index is 352. The van der Waals surface area contributed by atoms with Crippen molar-refractivity contribution in [3.05, 3.63) is 0 Å². The zero-order valence-electron chi connectivity index (χ0n) is 10.5. The van der Waals surface area contributed by atoms with Gasteiger partial charge in [0.2, 0.25) is 5.91 Å². The van der Waals surface area contributed by atoms with Crippen LogP contribution in [0.5, 0.6) is 0 Å². The van der Waals surface area contributed by atoms with Crippen molar-refractivity contribution in [1.29, 1.82) is 0 Å². The Balaban J connectivity index is 2.40. The Morgan fingerprint density at radius 1 is 1.32 bits per heavy atom. The number of urea groups is 1. The first-order valence-electron chi connectivity index (χ1n) is 6.11. The van der Waals surface area contributed by atoms with Crippen LogP contribution in [-0.2, 0) is 9.59 Å². The molecule has 0 spiro atoms. The molecule has 0 radical (unpaired) electrons. The zero-order chi connectivity index (χ0) is 14.4. The maximum absolute atomic E-state index is 11.7. The van der Waals surface area contributed by atoms with Crippen molar-refractivity contribution in [2.75, 3.05) is 19.7 Å². The number of carboxylic acids is 1. The van der Waals surface area contributed by atoms with Crippen molar-refractivity contribution in [2.24, 2.45) is 11.7 Å². The summed E-state index contributed by atoms with van der Waals surface area (Å²) in [6.07, 6.45) is 1.63. The second-order valence-corrected chi connectivity index (χ2v) is 4.62. The molecule has 1 aliphatic heterocycles. The molecule has 0 aromatic heterocycles. The van der Waals surface area contributed by atoms with Gasteiger partial charge >= 0.3 is 12.0 Å². The number of amides is 3. The number of nitrogens with zero attached hydrogens (tertiary/aromatic N) is 1. The predicted molar refractivity (Wildman–Crippen MR) is 65.1 cm³/mol. The van der Waals surface area contributed by atoms with Crippen molar-refractivity contribution in [1.82, 2.24) is 10.2 Å². The van der Waals surface area contributed by atoms with E-state index in [1.807, 2.05) is 0 Å². The van der Waals surface area contributed by atoms with Gasteiger partial charge in [-0.1, -0.05) is 0 Å². The molecular weight excluding hydrogens is 254 g/mol. The first-order chi connectivity index (χ1) is 8.93. The van der Waals surface area contributed by atoms with E-state index in [9.17, 15) is 14.4 Å². The second kappa shape index (κ2) is 6.93. The molecule has 0 bridgehead atoms. The molecule has 5 N–H and O–H groups in total. The smallest absolute Gasteiger partial charge is 0.328 e. The molecule has 1 fully saturated rings. The van der Waals surface area contributed by atoms with Gasteiger partial charge < -0.3 is 26.2 Å². The number of carbonyl (C=O) groups is 3. The Hall–Kier alpha value is -1.83. The summed E-state index contributed by atoms with van der Waals surface area (Å²) in [5.74, 6) is -1.46. The molecule has 1 saturated heterocycles. The van der Waals surface area contributed by atoms with Gasteiger partial charge in [0.05, 0.1) is 6.61 Å². The van der Waals surface area contributed by atoms with E-state index in [-0.39, 0.29) is 11.8 Å². The molecule has 8 nitrogen and oxygen atoms in total. The number of likely N-dealkylation sites (tertiary alicyclic amines) is 1. The van der Waals surface area contributed by atoms with E-state index in [0.29, 0.717) is 32.4 Å². The van der Waals surface area contributed by atoms with Crippen molar-refractivity contribution in [3.63, 3.8) is 0 Å². The van der Waals surface area contributed by atoms with Gasteiger partial charge in [0.15, 0.2) is 6.04 Å². The third-order valence-corrected chi connectivity index (χ3v) is 3.17. The minimum Gasteiger partial charge on any atom is -0.480 e. The lowest BCUT2D eigenvalue weighted by molar-refractivity contribution is -0.140. The summed E-state index contributed by atoms with van der Waals surface area (Å²) < 4.78 is 0. The van der Waals surface area contributed by atoms with Crippen molar-refractivity contribution in [3.8, 4) is 0 Å². The molecule has 0 saturated carbocycles. The average molecular weight is 273 g/mol. The van der Waals surface area contributed by atoms with Gasteiger partial charge in [-0.15, -0.1) is 0 Å². The maximum Gasteiger partial charge on any atom is 0.328 e. The van der Waals surface area contributed by atoms with Crippen LogP contribution < -0.4 is 11.1 Å². The lowest BCUT2D eigenvalue weighted by Crippen LogP contribution is -2.51. The molecule has 1 aliphatic rings. The number of primary amides is 1. The van der Waals surface area contributed by atoms with E-state index in [2.05, 4.69) is 5.32 Å². The Labute approximate surface area is 110 Å². The molecule has 3 amide bonds. The molecule has 108 valence electrons. The van der Waals surface area contributed by atoms with Crippen LogP contribution in [0.2, 0.25) is 0 Å². The van der Waals surface area contributed by atoms with Gasteiger partial charge in [-0.2, -0.15) is 0 Å². The first-order valence-corrected chi connectivity index (χ1v) is 6.11. The summed E-state index contributed by atoms with van der Waals surface area (Å²) in [5.41, 5.74) is 5.11. The van der Waals surface area contributed by atoms with E-state index >= 15 is 0 Å². The van der Waals surface area contributed by atoms with Gasteiger partial charge in [0.1, 0.15) is 0 Å². The van der Waals surface area contributed by atoms with Gasteiger partial charge in [-0.25, -0.2) is 9.59 Å². The molecular formula is C11H19N3O5. The van der Waals surface area contributed by atoms with E-state index in [4.69, 9.17) is 15.9 Å². The molecule has 0 aromatic rings. The fourth-order valence-corrected chi connectivity index (χ4v) is 2.05. The van der Waals surface area contributed by atoms with E-state index in [0.717, 1.165) is 0 Å². The summed E-state index contributed by atoms with van der Waals surface area (Å²) in [5, 5.41) is 19.8. The predicted octanol–water partition coefficient (Wildman–Crippen LogP) is -1.27. The van der Waals surface area contributed by atoms with Gasteiger partial charge in [0, 0.05) is 19.5 Å². The summed E-state index contributed by atoms with van der Waals surface area (Å²) in [6, 6.07) is -1.81. The van der Waals surface area contributed by atoms with Crippen LogP contribution in [-0.4, -0.2) is 58.8 Å². The number of aliphatic hydroxyl groups is 1. The highest BCUT2D eigenvalue weighted by Gasteiger charge is 2.26. The normalized spacial score (nSPS) is 17.8. The lowest BCUT2D eigenvalue weighted by atomic mass is 9.93. The maximum atomic E-state index is 11.7. The van der Waals surface area contributed by atoms with Gasteiger partial charge in [-0.3, -0.25) is 4.79 Å². The summed E-state index contributed by atoms with van der Waals surface area (Å²) in [7, 11) is 0. The fraction of sp³-hybridized carbons (Fsp3) is 0.727. The first kappa shape index (κ1) is 15.2. The van der Waals surface area contributed by atoms with Crippen molar-refractivity contribution < 1.29 is 24.6 Å². The summed E-state index contributed by atoms with van der Waals surface area (Å²) >= 11 is 0. The lowest BCUT2D eigenvalue weighted by Gasteiger charge is -2.32. The molecule has 1 heterocycles. The van der Waals surface area contributed by atoms with Crippen LogP contribution in [0.4, 0.5) is 4.79 Å². The van der Waals surface area contributed by atoms with Crippen LogP contribution >= 0.6 is 0 Å². The number of nitrogens with one attached hydrogen (secondary N) is 1. The SMILES string of the molecule is NC(=O)CC1CCN(C(=O)NC(CO)C(=O)O)CC1. The molecule has 1 rings (SSSR count). The highest BCUT2D eigenvalue weighted by atomic mass is 16.4. The highest BCUT2D eigenvalue weighted by molar-refractivity contribution is 5.82. The molecule has 8 heteroatoms.